The van der Waals surface area contributed by atoms with Crippen LogP contribution in [-0.2, 0) is 17.9 Å². The van der Waals surface area contributed by atoms with Gasteiger partial charge < -0.3 is 5.32 Å². The Morgan fingerprint density at radius 2 is 2.19 bits per heavy atom. The zero-order valence-corrected chi connectivity index (χ0v) is 11.5. The molecule has 21 heavy (non-hydrogen) atoms. The Bertz CT molecular complexity index is 692. The van der Waals surface area contributed by atoms with E-state index in [0.717, 1.165) is 24.1 Å². The minimum absolute atomic E-state index is 0.0559. The lowest BCUT2D eigenvalue weighted by atomic mass is 10.3. The van der Waals surface area contributed by atoms with Crippen LogP contribution in [0, 0.1) is 0 Å². The highest BCUT2D eigenvalue weighted by molar-refractivity contribution is 5.75. The quantitative estimate of drug-likeness (QED) is 0.882. The van der Waals surface area contributed by atoms with Crippen molar-refractivity contribution in [2.75, 3.05) is 0 Å². The Kier molecular flexibility index (Phi) is 3.77. The normalized spacial score (nSPS) is 13.9. The van der Waals surface area contributed by atoms with Gasteiger partial charge in [0.1, 0.15) is 6.54 Å². The zero-order valence-electron chi connectivity index (χ0n) is 11.5. The van der Waals surface area contributed by atoms with Gasteiger partial charge in [-0.2, -0.15) is 5.10 Å². The fraction of sp³-hybridized carbons (Fsp3) is 0.333. The molecule has 2 heterocycles. The number of amides is 1. The molecule has 108 valence electrons. The molecule has 6 nitrogen and oxygen atoms in total. The van der Waals surface area contributed by atoms with E-state index < -0.39 is 0 Å². The number of rotatable bonds is 5. The van der Waals surface area contributed by atoms with Crippen molar-refractivity contribution in [3.8, 4) is 0 Å². The van der Waals surface area contributed by atoms with Gasteiger partial charge in [0.15, 0.2) is 0 Å². The Labute approximate surface area is 121 Å². The Balaban J connectivity index is 1.62. The molecule has 0 bridgehead atoms. The molecule has 1 saturated carbocycles. The van der Waals surface area contributed by atoms with Gasteiger partial charge in [0.05, 0.1) is 5.69 Å². The molecule has 0 radical (unpaired) electrons. The summed E-state index contributed by atoms with van der Waals surface area (Å²) in [5, 5.41) is 7.02. The van der Waals surface area contributed by atoms with Crippen molar-refractivity contribution >= 4 is 5.91 Å². The van der Waals surface area contributed by atoms with Crippen LogP contribution in [0.1, 0.15) is 30.0 Å². The SMILES string of the molecule is O=C(Cn1nc(C2CC2)ccc1=O)NCc1cccnc1. The number of pyridine rings is 1. The third-order valence-electron chi connectivity index (χ3n) is 3.39. The van der Waals surface area contributed by atoms with Crippen LogP contribution in [0.3, 0.4) is 0 Å². The van der Waals surface area contributed by atoms with Crippen molar-refractivity contribution in [1.82, 2.24) is 20.1 Å². The third kappa shape index (κ3) is 3.53. The van der Waals surface area contributed by atoms with Crippen LogP contribution >= 0.6 is 0 Å². The molecule has 0 aliphatic heterocycles. The van der Waals surface area contributed by atoms with Gasteiger partial charge in [0, 0.05) is 30.9 Å². The van der Waals surface area contributed by atoms with Gasteiger partial charge in [-0.15, -0.1) is 0 Å². The summed E-state index contributed by atoms with van der Waals surface area (Å²) in [6, 6.07) is 6.93. The smallest absolute Gasteiger partial charge is 0.267 e. The van der Waals surface area contributed by atoms with E-state index in [1.165, 1.54) is 10.7 Å². The lowest BCUT2D eigenvalue weighted by Gasteiger charge is -2.07. The largest absolute Gasteiger partial charge is 0.350 e. The highest BCUT2D eigenvalue weighted by Gasteiger charge is 2.25. The molecule has 6 heteroatoms. The summed E-state index contributed by atoms with van der Waals surface area (Å²) < 4.78 is 1.23. The maximum Gasteiger partial charge on any atom is 0.267 e. The van der Waals surface area contributed by atoms with Crippen LogP contribution in [-0.4, -0.2) is 20.7 Å². The molecule has 1 aliphatic rings. The number of carbonyl (C=O) groups is 1. The molecule has 0 atom stereocenters. The van der Waals surface area contributed by atoms with E-state index in [1.54, 1.807) is 18.5 Å². The van der Waals surface area contributed by atoms with Crippen molar-refractivity contribution in [2.45, 2.75) is 31.8 Å². The number of hydrogen-bond donors (Lipinski definition) is 1. The van der Waals surface area contributed by atoms with E-state index >= 15 is 0 Å². The minimum Gasteiger partial charge on any atom is -0.350 e. The van der Waals surface area contributed by atoms with Crippen molar-refractivity contribution < 1.29 is 4.79 Å². The lowest BCUT2D eigenvalue weighted by molar-refractivity contribution is -0.122. The van der Waals surface area contributed by atoms with Gasteiger partial charge in [0.25, 0.3) is 5.56 Å². The molecule has 0 saturated heterocycles. The highest BCUT2D eigenvalue weighted by atomic mass is 16.2. The first-order valence-corrected chi connectivity index (χ1v) is 6.96. The summed E-state index contributed by atoms with van der Waals surface area (Å²) in [6.07, 6.45) is 5.59. The summed E-state index contributed by atoms with van der Waals surface area (Å²) in [7, 11) is 0. The molecule has 2 aromatic rings. The highest BCUT2D eigenvalue weighted by Crippen LogP contribution is 2.38. The molecule has 0 unspecified atom stereocenters. The molecular formula is C15H16N4O2. The molecule has 1 fully saturated rings. The Hall–Kier alpha value is -2.50. The number of aromatic nitrogens is 3. The second-order valence-electron chi connectivity index (χ2n) is 5.17. The number of carbonyl (C=O) groups excluding carboxylic acids is 1. The first kappa shape index (κ1) is 13.5. The fourth-order valence-corrected chi connectivity index (χ4v) is 2.07. The summed E-state index contributed by atoms with van der Waals surface area (Å²) in [6.45, 7) is 0.337. The van der Waals surface area contributed by atoms with Gasteiger partial charge in [-0.05, 0) is 30.5 Å². The van der Waals surface area contributed by atoms with Crippen molar-refractivity contribution in [3.05, 3.63) is 58.3 Å². The van der Waals surface area contributed by atoms with Crippen LogP contribution in [0.25, 0.3) is 0 Å². The predicted molar refractivity (Wildman–Crippen MR) is 76.6 cm³/mol. The fourth-order valence-electron chi connectivity index (χ4n) is 2.07. The van der Waals surface area contributed by atoms with Crippen LogP contribution in [0.5, 0.6) is 0 Å². The van der Waals surface area contributed by atoms with E-state index in [0.29, 0.717) is 12.5 Å². The monoisotopic (exact) mass is 284 g/mol. The maximum absolute atomic E-state index is 11.9. The van der Waals surface area contributed by atoms with Gasteiger partial charge in [-0.25, -0.2) is 4.68 Å². The van der Waals surface area contributed by atoms with Crippen LogP contribution < -0.4 is 10.9 Å². The zero-order chi connectivity index (χ0) is 14.7. The molecule has 2 aromatic heterocycles. The molecule has 1 N–H and O–H groups in total. The van der Waals surface area contributed by atoms with E-state index in [1.807, 2.05) is 12.1 Å². The third-order valence-corrected chi connectivity index (χ3v) is 3.39. The second-order valence-corrected chi connectivity index (χ2v) is 5.17. The lowest BCUT2D eigenvalue weighted by Crippen LogP contribution is -2.33. The maximum atomic E-state index is 11.9. The predicted octanol–water partition coefficient (Wildman–Crippen LogP) is 0.832. The molecule has 3 rings (SSSR count). The van der Waals surface area contributed by atoms with Crippen molar-refractivity contribution in [2.24, 2.45) is 0 Å². The molecule has 0 aromatic carbocycles. The first-order chi connectivity index (χ1) is 10.2. The average molecular weight is 284 g/mol. The topological polar surface area (TPSA) is 76.9 Å². The van der Waals surface area contributed by atoms with Gasteiger partial charge in [0.2, 0.25) is 5.91 Å². The minimum atomic E-state index is -0.254. The van der Waals surface area contributed by atoms with E-state index in [9.17, 15) is 9.59 Å². The van der Waals surface area contributed by atoms with E-state index in [2.05, 4.69) is 15.4 Å². The molecule has 0 spiro atoms. The standard InChI is InChI=1S/C15H16N4O2/c20-14(17-9-11-2-1-7-16-8-11)10-19-15(21)6-5-13(18-19)12-3-4-12/h1-2,5-8,12H,3-4,9-10H2,(H,17,20). The number of nitrogens with one attached hydrogen (secondary N) is 1. The summed E-state index contributed by atoms with van der Waals surface area (Å²) >= 11 is 0. The first-order valence-electron chi connectivity index (χ1n) is 6.96. The summed E-state index contributed by atoms with van der Waals surface area (Å²) in [4.78, 5) is 27.6. The van der Waals surface area contributed by atoms with Gasteiger partial charge >= 0.3 is 0 Å². The van der Waals surface area contributed by atoms with Gasteiger partial charge in [-0.1, -0.05) is 6.07 Å². The van der Waals surface area contributed by atoms with Crippen LogP contribution in [0.15, 0.2) is 41.5 Å². The molecular weight excluding hydrogens is 268 g/mol. The Morgan fingerprint density at radius 1 is 1.33 bits per heavy atom. The average Bonchev–Trinajstić information content (AvgIpc) is 3.33. The van der Waals surface area contributed by atoms with Crippen LogP contribution in [0.2, 0.25) is 0 Å². The Morgan fingerprint density at radius 3 is 2.90 bits per heavy atom. The van der Waals surface area contributed by atoms with E-state index in [-0.39, 0.29) is 18.0 Å². The van der Waals surface area contributed by atoms with Gasteiger partial charge in [-0.3, -0.25) is 14.6 Å². The van der Waals surface area contributed by atoms with E-state index in [4.69, 9.17) is 0 Å². The summed E-state index contributed by atoms with van der Waals surface area (Å²) in [5.74, 6) is 0.219. The number of hydrogen-bond acceptors (Lipinski definition) is 4. The second kappa shape index (κ2) is 5.87. The van der Waals surface area contributed by atoms with Crippen molar-refractivity contribution in [1.29, 1.82) is 0 Å². The number of nitrogens with zero attached hydrogens (tertiary/aromatic N) is 3. The summed E-state index contributed by atoms with van der Waals surface area (Å²) in [5.41, 5.74) is 1.56. The molecule has 1 amide bonds. The van der Waals surface area contributed by atoms with Crippen LogP contribution in [0.4, 0.5) is 0 Å². The van der Waals surface area contributed by atoms with Crippen molar-refractivity contribution in [3.63, 3.8) is 0 Å². The molecule has 1 aliphatic carbocycles.